The van der Waals surface area contributed by atoms with Gasteiger partial charge in [0, 0.05) is 35.7 Å². The van der Waals surface area contributed by atoms with E-state index in [0.29, 0.717) is 19.4 Å². The number of carbonyl (C=O) groups excluding carboxylic acids is 1. The van der Waals surface area contributed by atoms with E-state index in [0.717, 1.165) is 22.0 Å². The van der Waals surface area contributed by atoms with Crippen molar-refractivity contribution in [2.45, 2.75) is 19.4 Å². The molecule has 4 nitrogen and oxygen atoms in total. The summed E-state index contributed by atoms with van der Waals surface area (Å²) in [5.74, 6) is 3.34. The number of furan rings is 1. The predicted molar refractivity (Wildman–Crippen MR) is 94.7 cm³/mol. The summed E-state index contributed by atoms with van der Waals surface area (Å²) >= 11 is 1.56. The van der Waals surface area contributed by atoms with Gasteiger partial charge in [-0.15, -0.1) is 17.8 Å². The molecule has 0 radical (unpaired) electrons. The van der Waals surface area contributed by atoms with Gasteiger partial charge in [-0.3, -0.25) is 4.79 Å². The van der Waals surface area contributed by atoms with E-state index in [4.69, 9.17) is 10.8 Å². The second-order valence-corrected chi connectivity index (χ2v) is 6.16. The van der Waals surface area contributed by atoms with Gasteiger partial charge in [-0.05, 0) is 30.3 Å². The molecule has 0 aliphatic rings. The van der Waals surface area contributed by atoms with E-state index >= 15 is 0 Å². The number of terminal acetylenes is 1. The lowest BCUT2D eigenvalue weighted by Crippen LogP contribution is -2.30. The summed E-state index contributed by atoms with van der Waals surface area (Å²) in [7, 11) is 0. The van der Waals surface area contributed by atoms with Gasteiger partial charge in [-0.2, -0.15) is 0 Å². The smallest absolute Gasteiger partial charge is 0.227 e. The first-order chi connectivity index (χ1) is 11.8. The van der Waals surface area contributed by atoms with Gasteiger partial charge in [0.15, 0.2) is 0 Å². The Morgan fingerprint density at radius 1 is 1.33 bits per heavy atom. The molecular weight excluding hydrogens is 320 g/mol. The van der Waals surface area contributed by atoms with E-state index in [9.17, 15) is 4.79 Å². The van der Waals surface area contributed by atoms with Crippen LogP contribution < -0.4 is 4.90 Å². The first-order valence-corrected chi connectivity index (χ1v) is 8.42. The minimum Gasteiger partial charge on any atom is -0.467 e. The minimum absolute atomic E-state index is 0.00997. The molecule has 0 saturated carbocycles. The summed E-state index contributed by atoms with van der Waals surface area (Å²) in [5.41, 5.74) is 1.51. The fraction of sp³-hybridized carbons (Fsp3) is 0.158. The molecule has 0 bridgehead atoms. The van der Waals surface area contributed by atoms with E-state index < -0.39 is 0 Å². The van der Waals surface area contributed by atoms with Crippen LogP contribution >= 0.6 is 11.3 Å². The zero-order valence-electron chi connectivity index (χ0n) is 13.0. The lowest BCUT2D eigenvalue weighted by molar-refractivity contribution is -0.118. The molecule has 120 valence electrons. The standard InChI is InChI=1S/C19H16N2O2S/c1-2-15-5-3-6-16(13-15)21(14-17-7-4-11-23-17)19(22)9-8-18-20-10-12-24-18/h1,3-7,10-13H,8-9,14H2. The van der Waals surface area contributed by atoms with Gasteiger partial charge in [0.2, 0.25) is 5.91 Å². The van der Waals surface area contributed by atoms with E-state index in [1.54, 1.807) is 28.7 Å². The molecular formula is C19H16N2O2S. The molecule has 0 atom stereocenters. The topological polar surface area (TPSA) is 46.3 Å². The summed E-state index contributed by atoms with van der Waals surface area (Å²) in [6.07, 6.45) is 9.84. The summed E-state index contributed by atoms with van der Waals surface area (Å²) in [5, 5.41) is 2.87. The Bertz CT molecular complexity index is 833. The number of hydrogen-bond donors (Lipinski definition) is 0. The Morgan fingerprint density at radius 3 is 2.96 bits per heavy atom. The number of hydrogen-bond acceptors (Lipinski definition) is 4. The number of aryl methyl sites for hydroxylation is 1. The zero-order valence-corrected chi connectivity index (χ0v) is 13.8. The van der Waals surface area contributed by atoms with Crippen molar-refractivity contribution in [1.29, 1.82) is 0 Å². The molecule has 0 aliphatic carbocycles. The highest BCUT2D eigenvalue weighted by molar-refractivity contribution is 7.09. The van der Waals surface area contributed by atoms with Crippen molar-refractivity contribution in [3.63, 3.8) is 0 Å². The molecule has 0 saturated heterocycles. The monoisotopic (exact) mass is 336 g/mol. The van der Waals surface area contributed by atoms with Crippen LogP contribution in [0.15, 0.2) is 58.7 Å². The average molecular weight is 336 g/mol. The van der Waals surface area contributed by atoms with E-state index in [1.807, 2.05) is 41.8 Å². The molecule has 1 aromatic carbocycles. The number of aromatic nitrogens is 1. The van der Waals surface area contributed by atoms with Gasteiger partial charge in [-0.1, -0.05) is 12.0 Å². The van der Waals surface area contributed by atoms with Crippen molar-refractivity contribution in [1.82, 2.24) is 4.98 Å². The Hall–Kier alpha value is -2.84. The van der Waals surface area contributed by atoms with E-state index in [-0.39, 0.29) is 5.91 Å². The Morgan fingerprint density at radius 2 is 2.25 bits per heavy atom. The lowest BCUT2D eigenvalue weighted by Gasteiger charge is -2.22. The summed E-state index contributed by atoms with van der Waals surface area (Å²) in [6.45, 7) is 0.373. The fourth-order valence-corrected chi connectivity index (χ4v) is 2.99. The molecule has 5 heteroatoms. The number of benzene rings is 1. The Kier molecular flexibility index (Phi) is 5.09. The average Bonchev–Trinajstić information content (AvgIpc) is 3.31. The summed E-state index contributed by atoms with van der Waals surface area (Å²) in [4.78, 5) is 18.7. The number of carbonyl (C=O) groups is 1. The van der Waals surface area contributed by atoms with Crippen LogP contribution in [0.4, 0.5) is 5.69 Å². The van der Waals surface area contributed by atoms with Gasteiger partial charge in [0.05, 0.1) is 17.8 Å². The first-order valence-electron chi connectivity index (χ1n) is 7.54. The molecule has 0 spiro atoms. The second-order valence-electron chi connectivity index (χ2n) is 5.18. The summed E-state index contributed by atoms with van der Waals surface area (Å²) < 4.78 is 5.40. The SMILES string of the molecule is C#Cc1cccc(N(Cc2ccco2)C(=O)CCc2nccs2)c1. The fourth-order valence-electron chi connectivity index (χ4n) is 2.37. The molecule has 3 aromatic rings. The van der Waals surface area contributed by atoms with Crippen LogP contribution in [-0.4, -0.2) is 10.9 Å². The molecule has 1 amide bonds. The number of anilines is 1. The molecule has 3 rings (SSSR count). The summed E-state index contributed by atoms with van der Waals surface area (Å²) in [6, 6.07) is 11.1. The minimum atomic E-state index is 0.00997. The van der Waals surface area contributed by atoms with Crippen LogP contribution in [0.3, 0.4) is 0 Å². The van der Waals surface area contributed by atoms with Crippen molar-refractivity contribution in [3.8, 4) is 12.3 Å². The molecule has 0 aliphatic heterocycles. The number of nitrogens with zero attached hydrogens (tertiary/aromatic N) is 2. The number of amides is 1. The maximum Gasteiger partial charge on any atom is 0.227 e. The van der Waals surface area contributed by atoms with Gasteiger partial charge in [0.1, 0.15) is 5.76 Å². The van der Waals surface area contributed by atoms with Crippen molar-refractivity contribution in [3.05, 3.63) is 70.6 Å². The predicted octanol–water partition coefficient (Wildman–Crippen LogP) is 3.88. The maximum atomic E-state index is 12.8. The molecule has 0 unspecified atom stereocenters. The number of rotatable bonds is 6. The highest BCUT2D eigenvalue weighted by Crippen LogP contribution is 2.21. The van der Waals surface area contributed by atoms with Crippen LogP contribution in [0.5, 0.6) is 0 Å². The van der Waals surface area contributed by atoms with Crippen LogP contribution in [0, 0.1) is 12.3 Å². The third-order valence-corrected chi connectivity index (χ3v) is 4.40. The first kappa shape index (κ1) is 16.0. The normalized spacial score (nSPS) is 10.3. The van der Waals surface area contributed by atoms with Crippen LogP contribution in [0.1, 0.15) is 22.8 Å². The van der Waals surface area contributed by atoms with Crippen LogP contribution in [-0.2, 0) is 17.8 Å². The molecule has 2 aromatic heterocycles. The van der Waals surface area contributed by atoms with Gasteiger partial charge in [0.25, 0.3) is 0 Å². The molecule has 0 N–H and O–H groups in total. The third kappa shape index (κ3) is 3.92. The molecule has 0 fully saturated rings. The zero-order chi connectivity index (χ0) is 16.8. The third-order valence-electron chi connectivity index (χ3n) is 3.56. The van der Waals surface area contributed by atoms with Gasteiger partial charge < -0.3 is 9.32 Å². The van der Waals surface area contributed by atoms with Gasteiger partial charge >= 0.3 is 0 Å². The second kappa shape index (κ2) is 7.62. The molecule has 24 heavy (non-hydrogen) atoms. The van der Waals surface area contributed by atoms with Crippen molar-refractivity contribution in [2.75, 3.05) is 4.90 Å². The Labute approximate surface area is 144 Å². The van der Waals surface area contributed by atoms with Crippen LogP contribution in [0.2, 0.25) is 0 Å². The van der Waals surface area contributed by atoms with Crippen LogP contribution in [0.25, 0.3) is 0 Å². The number of thiazole rings is 1. The highest BCUT2D eigenvalue weighted by atomic mass is 32.1. The van der Waals surface area contributed by atoms with Crippen molar-refractivity contribution < 1.29 is 9.21 Å². The maximum absolute atomic E-state index is 12.8. The quantitative estimate of drug-likeness (QED) is 0.642. The van der Waals surface area contributed by atoms with E-state index in [1.165, 1.54) is 0 Å². The lowest BCUT2D eigenvalue weighted by atomic mass is 10.1. The largest absolute Gasteiger partial charge is 0.467 e. The molecule has 2 heterocycles. The van der Waals surface area contributed by atoms with Crippen molar-refractivity contribution >= 4 is 22.9 Å². The Balaban J connectivity index is 1.80. The van der Waals surface area contributed by atoms with Crippen molar-refractivity contribution in [2.24, 2.45) is 0 Å². The van der Waals surface area contributed by atoms with Gasteiger partial charge in [-0.25, -0.2) is 4.98 Å². The highest BCUT2D eigenvalue weighted by Gasteiger charge is 2.18. The van der Waals surface area contributed by atoms with E-state index in [2.05, 4.69) is 10.9 Å².